The van der Waals surface area contributed by atoms with E-state index < -0.39 is 0 Å². The van der Waals surface area contributed by atoms with Gasteiger partial charge in [-0.05, 0) is 81.2 Å². The molecule has 0 radical (unpaired) electrons. The van der Waals surface area contributed by atoms with Gasteiger partial charge in [-0.15, -0.1) is 5.73 Å². The lowest BCUT2D eigenvalue weighted by Crippen LogP contribution is -2.11. The van der Waals surface area contributed by atoms with Crippen LogP contribution in [0.5, 0.6) is 0 Å². The van der Waals surface area contributed by atoms with E-state index in [0.29, 0.717) is 0 Å². The summed E-state index contributed by atoms with van der Waals surface area (Å²) >= 11 is 0. The first-order chi connectivity index (χ1) is 8.35. The van der Waals surface area contributed by atoms with Gasteiger partial charge < -0.3 is 10.7 Å². The molecule has 0 heterocycles. The van der Waals surface area contributed by atoms with E-state index in [-0.39, 0.29) is 0 Å². The Morgan fingerprint density at radius 3 is 2.82 bits per heavy atom. The van der Waals surface area contributed by atoms with E-state index in [0.717, 1.165) is 37.3 Å². The van der Waals surface area contributed by atoms with Crippen LogP contribution in [0.1, 0.15) is 38.5 Å². The zero-order chi connectivity index (χ0) is 12.1. The van der Waals surface area contributed by atoms with E-state index in [1.807, 2.05) is 0 Å². The third kappa shape index (κ3) is 3.55. The van der Waals surface area contributed by atoms with Crippen LogP contribution in [0.4, 0.5) is 0 Å². The van der Waals surface area contributed by atoms with Crippen LogP contribution in [0.3, 0.4) is 0 Å². The summed E-state index contributed by atoms with van der Waals surface area (Å²) in [4.78, 5) is 4.02. The van der Waals surface area contributed by atoms with Crippen LogP contribution in [-0.4, -0.2) is 19.8 Å². The molecule has 0 aromatic rings. The van der Waals surface area contributed by atoms with Gasteiger partial charge in [0.15, 0.2) is 0 Å². The maximum absolute atomic E-state index is 5.46. The molecule has 94 valence electrons. The number of hydrogen-bond acceptors (Lipinski definition) is 2. The lowest BCUT2D eigenvalue weighted by atomic mass is 9.82. The van der Waals surface area contributed by atoms with Gasteiger partial charge in [0.1, 0.15) is 0 Å². The van der Waals surface area contributed by atoms with Crippen LogP contribution in [0.15, 0.2) is 22.4 Å². The molecule has 0 amide bonds. The second-order valence-electron chi connectivity index (χ2n) is 5.43. The highest BCUT2D eigenvalue weighted by Gasteiger charge is 2.42. The Morgan fingerprint density at radius 2 is 2.18 bits per heavy atom. The molecule has 0 aliphatic heterocycles. The molecule has 2 unspecified atom stereocenters. The molecular formula is C15H24N2. The topological polar surface area (TPSA) is 38.4 Å². The van der Waals surface area contributed by atoms with Gasteiger partial charge in [0.25, 0.3) is 0 Å². The Hall–Kier alpha value is -0.850. The second kappa shape index (κ2) is 6.18. The molecule has 0 bridgehead atoms. The number of rotatable bonds is 5. The van der Waals surface area contributed by atoms with E-state index in [9.17, 15) is 0 Å². The van der Waals surface area contributed by atoms with Crippen molar-refractivity contribution in [1.82, 2.24) is 0 Å². The summed E-state index contributed by atoms with van der Waals surface area (Å²) in [6, 6.07) is 0. The van der Waals surface area contributed by atoms with Crippen molar-refractivity contribution >= 4 is 6.72 Å². The van der Waals surface area contributed by atoms with E-state index in [4.69, 9.17) is 5.73 Å². The normalized spacial score (nSPS) is 31.8. The fourth-order valence-electron chi connectivity index (χ4n) is 3.09. The molecule has 17 heavy (non-hydrogen) atoms. The van der Waals surface area contributed by atoms with E-state index in [2.05, 4.69) is 23.5 Å². The minimum Gasteiger partial charge on any atom is -0.330 e. The van der Waals surface area contributed by atoms with Gasteiger partial charge in [-0.3, -0.25) is 0 Å². The number of nitrogens with two attached hydrogens (primary N) is 1. The van der Waals surface area contributed by atoms with Crippen LogP contribution in [0, 0.1) is 17.8 Å². The fourth-order valence-corrected chi connectivity index (χ4v) is 3.09. The Bertz CT molecular complexity index is 316. The lowest BCUT2D eigenvalue weighted by molar-refractivity contribution is 0.349. The lowest BCUT2D eigenvalue weighted by Gasteiger charge is -2.23. The van der Waals surface area contributed by atoms with Crippen molar-refractivity contribution in [3.8, 4) is 0 Å². The van der Waals surface area contributed by atoms with Gasteiger partial charge >= 0.3 is 0 Å². The average Bonchev–Trinajstić information content (AvgIpc) is 3.10. The van der Waals surface area contributed by atoms with Gasteiger partial charge in [-0.1, -0.05) is 0 Å². The van der Waals surface area contributed by atoms with Gasteiger partial charge in [0.2, 0.25) is 0 Å². The zero-order valence-electron chi connectivity index (χ0n) is 10.7. The van der Waals surface area contributed by atoms with Crippen LogP contribution in [-0.2, 0) is 0 Å². The Labute approximate surface area is 105 Å². The highest BCUT2D eigenvalue weighted by atomic mass is 14.7. The predicted octanol–water partition coefficient (Wildman–Crippen LogP) is 2.94. The standard InChI is InChI=1S/C15H24N2/c1-17-11-14-10-15(14)13-7-5-12(6-8-13)4-2-3-9-16/h2,13-15H,1,3,5-11,16H2. The molecule has 2 fully saturated rings. The zero-order valence-corrected chi connectivity index (χ0v) is 10.7. The monoisotopic (exact) mass is 232 g/mol. The summed E-state index contributed by atoms with van der Waals surface area (Å²) in [5.74, 6) is 2.76. The van der Waals surface area contributed by atoms with Crippen LogP contribution >= 0.6 is 0 Å². The van der Waals surface area contributed by atoms with E-state index in [1.54, 1.807) is 0 Å². The minimum absolute atomic E-state index is 0.737. The average molecular weight is 232 g/mol. The van der Waals surface area contributed by atoms with Crippen molar-refractivity contribution in [2.75, 3.05) is 13.1 Å². The Balaban J connectivity index is 1.75. The summed E-state index contributed by atoms with van der Waals surface area (Å²) in [6.07, 6.45) is 9.67. The third-order valence-corrected chi connectivity index (χ3v) is 4.20. The van der Waals surface area contributed by atoms with Crippen molar-refractivity contribution in [2.24, 2.45) is 28.5 Å². The van der Waals surface area contributed by atoms with Gasteiger partial charge in [-0.2, -0.15) is 0 Å². The molecule has 2 N–H and O–H groups in total. The number of aliphatic imine (C=N–C) groups is 1. The van der Waals surface area contributed by atoms with Crippen molar-refractivity contribution in [3.05, 3.63) is 17.4 Å². The van der Waals surface area contributed by atoms with Gasteiger partial charge in [-0.25, -0.2) is 0 Å². The first-order valence-corrected chi connectivity index (χ1v) is 6.90. The number of hydrogen-bond donors (Lipinski definition) is 1. The fraction of sp³-hybridized carbons (Fsp3) is 0.733. The molecule has 2 nitrogen and oxygen atoms in total. The summed E-state index contributed by atoms with van der Waals surface area (Å²) in [5.41, 5.74) is 10.4. The highest BCUT2D eigenvalue weighted by molar-refractivity contribution is 5.23. The van der Waals surface area contributed by atoms with Crippen LogP contribution in [0.25, 0.3) is 0 Å². The Kier molecular flexibility index (Phi) is 4.58. The molecule has 2 aliphatic carbocycles. The van der Waals surface area contributed by atoms with Crippen molar-refractivity contribution in [3.63, 3.8) is 0 Å². The highest BCUT2D eigenvalue weighted by Crippen LogP contribution is 2.49. The summed E-state index contributed by atoms with van der Waals surface area (Å²) < 4.78 is 0. The Morgan fingerprint density at radius 1 is 1.41 bits per heavy atom. The first kappa shape index (κ1) is 12.6. The van der Waals surface area contributed by atoms with E-state index >= 15 is 0 Å². The molecule has 2 heteroatoms. The quantitative estimate of drug-likeness (QED) is 0.574. The molecule has 0 saturated heterocycles. The first-order valence-electron chi connectivity index (χ1n) is 6.90. The van der Waals surface area contributed by atoms with Crippen molar-refractivity contribution < 1.29 is 0 Å². The SMILES string of the molecule is C=NCC1CC1C1CCC(=C=CCCN)CC1. The smallest absolute Gasteiger partial charge is 0.0413 e. The van der Waals surface area contributed by atoms with E-state index in [1.165, 1.54) is 37.7 Å². The molecule has 2 atom stereocenters. The molecule has 2 rings (SSSR count). The van der Waals surface area contributed by atoms with Crippen molar-refractivity contribution in [1.29, 1.82) is 0 Å². The molecule has 2 saturated carbocycles. The van der Waals surface area contributed by atoms with Crippen LogP contribution in [0.2, 0.25) is 0 Å². The molecule has 2 aliphatic rings. The summed E-state index contributed by atoms with van der Waals surface area (Å²) in [5, 5.41) is 0. The van der Waals surface area contributed by atoms with Crippen molar-refractivity contribution in [2.45, 2.75) is 38.5 Å². The third-order valence-electron chi connectivity index (χ3n) is 4.20. The number of nitrogens with zero attached hydrogens (tertiary/aromatic N) is 1. The molecule has 0 spiro atoms. The largest absolute Gasteiger partial charge is 0.330 e. The maximum Gasteiger partial charge on any atom is 0.0413 e. The summed E-state index contributed by atoms with van der Waals surface area (Å²) in [7, 11) is 0. The van der Waals surface area contributed by atoms with Gasteiger partial charge in [0, 0.05) is 6.54 Å². The molecule has 0 aromatic carbocycles. The minimum atomic E-state index is 0.737. The molecule has 0 aromatic heterocycles. The predicted molar refractivity (Wildman–Crippen MR) is 73.2 cm³/mol. The second-order valence-corrected chi connectivity index (χ2v) is 5.43. The molecular weight excluding hydrogens is 208 g/mol. The van der Waals surface area contributed by atoms with Crippen LogP contribution < -0.4 is 5.73 Å². The summed E-state index contributed by atoms with van der Waals surface area (Å²) in [6.45, 7) is 5.32. The van der Waals surface area contributed by atoms with Gasteiger partial charge in [0.05, 0.1) is 0 Å². The maximum atomic E-state index is 5.46.